The molecule has 2 rings (SSSR count). The van der Waals surface area contributed by atoms with Crippen molar-refractivity contribution in [3.05, 3.63) is 56.5 Å². The molecular formula is C23H28Br2N2O4. The standard InChI is InChI=1S/C23H28Br2N2O4/c1-14(2)15-6-8-19(17(24)10-15)30-12-21(28)26-27-22(29)13-31-20-9-7-16(11-18(20)25)23(3,4)5/h6-11,14H,12-13H2,1-5H3,(H,26,28)(H,27,29). The van der Waals surface area contributed by atoms with E-state index in [0.29, 0.717) is 17.4 Å². The highest BCUT2D eigenvalue weighted by molar-refractivity contribution is 9.10. The Morgan fingerprint density at radius 1 is 0.871 bits per heavy atom. The van der Waals surface area contributed by atoms with Gasteiger partial charge < -0.3 is 9.47 Å². The number of nitrogens with one attached hydrogen (secondary N) is 2. The molecule has 0 atom stereocenters. The second-order valence-corrected chi connectivity index (χ2v) is 10.1. The van der Waals surface area contributed by atoms with Gasteiger partial charge in [-0.15, -0.1) is 0 Å². The molecular weight excluding hydrogens is 528 g/mol. The van der Waals surface area contributed by atoms with Gasteiger partial charge in [-0.05, 0) is 78.6 Å². The second kappa shape index (κ2) is 11.0. The molecule has 0 saturated heterocycles. The third kappa shape index (κ3) is 7.85. The van der Waals surface area contributed by atoms with Crippen LogP contribution in [0.3, 0.4) is 0 Å². The number of ether oxygens (including phenoxy) is 2. The number of hydrogen-bond donors (Lipinski definition) is 2. The molecule has 2 aromatic rings. The maximum Gasteiger partial charge on any atom is 0.276 e. The Bertz CT molecular complexity index is 940. The number of amides is 2. The van der Waals surface area contributed by atoms with E-state index < -0.39 is 11.8 Å². The first kappa shape index (κ1) is 25.2. The molecule has 168 valence electrons. The van der Waals surface area contributed by atoms with Gasteiger partial charge in [-0.3, -0.25) is 20.4 Å². The summed E-state index contributed by atoms with van der Waals surface area (Å²) in [5.74, 6) is 0.528. The van der Waals surface area contributed by atoms with Crippen LogP contribution in [0.1, 0.15) is 51.7 Å². The SMILES string of the molecule is CC(C)c1ccc(OCC(=O)NNC(=O)COc2ccc(C(C)(C)C)cc2Br)c(Br)c1. The molecule has 2 aromatic carbocycles. The third-order valence-electron chi connectivity index (χ3n) is 4.48. The Morgan fingerprint density at radius 2 is 1.35 bits per heavy atom. The van der Waals surface area contributed by atoms with Gasteiger partial charge in [-0.1, -0.05) is 46.8 Å². The van der Waals surface area contributed by atoms with E-state index in [-0.39, 0.29) is 18.6 Å². The Kier molecular flexibility index (Phi) is 8.94. The van der Waals surface area contributed by atoms with Crippen LogP contribution in [0.25, 0.3) is 0 Å². The summed E-state index contributed by atoms with van der Waals surface area (Å²) in [5.41, 5.74) is 6.94. The summed E-state index contributed by atoms with van der Waals surface area (Å²) in [6, 6.07) is 11.5. The highest BCUT2D eigenvalue weighted by Gasteiger charge is 2.16. The summed E-state index contributed by atoms with van der Waals surface area (Å²) in [4.78, 5) is 23.9. The molecule has 0 aliphatic heterocycles. The van der Waals surface area contributed by atoms with E-state index >= 15 is 0 Å². The van der Waals surface area contributed by atoms with Crippen LogP contribution in [0.2, 0.25) is 0 Å². The predicted octanol–water partition coefficient (Wildman–Crippen LogP) is 5.24. The second-order valence-electron chi connectivity index (χ2n) is 8.41. The lowest BCUT2D eigenvalue weighted by molar-refractivity contribution is -0.131. The van der Waals surface area contributed by atoms with Crippen molar-refractivity contribution < 1.29 is 19.1 Å². The third-order valence-corrected chi connectivity index (χ3v) is 5.72. The van der Waals surface area contributed by atoms with Crippen LogP contribution in [-0.2, 0) is 15.0 Å². The maximum atomic E-state index is 12.0. The molecule has 31 heavy (non-hydrogen) atoms. The van der Waals surface area contributed by atoms with Crippen LogP contribution in [0.4, 0.5) is 0 Å². The highest BCUT2D eigenvalue weighted by Crippen LogP contribution is 2.31. The molecule has 0 bridgehead atoms. The van der Waals surface area contributed by atoms with E-state index in [4.69, 9.17) is 9.47 Å². The lowest BCUT2D eigenvalue weighted by Gasteiger charge is -2.20. The minimum Gasteiger partial charge on any atom is -0.483 e. The van der Waals surface area contributed by atoms with Gasteiger partial charge in [0.25, 0.3) is 11.8 Å². The minimum atomic E-state index is -0.484. The largest absolute Gasteiger partial charge is 0.483 e. The zero-order valence-corrected chi connectivity index (χ0v) is 21.5. The van der Waals surface area contributed by atoms with Gasteiger partial charge in [0.15, 0.2) is 13.2 Å². The Morgan fingerprint density at radius 3 is 1.77 bits per heavy atom. The summed E-state index contributed by atoms with van der Waals surface area (Å²) in [6.07, 6.45) is 0. The molecule has 0 aromatic heterocycles. The van der Waals surface area contributed by atoms with Crippen molar-refractivity contribution in [2.75, 3.05) is 13.2 Å². The Hall–Kier alpha value is -2.06. The number of hydrogen-bond acceptors (Lipinski definition) is 4. The van der Waals surface area contributed by atoms with Crippen molar-refractivity contribution >= 4 is 43.7 Å². The van der Waals surface area contributed by atoms with E-state index in [0.717, 1.165) is 20.1 Å². The molecule has 0 aliphatic rings. The van der Waals surface area contributed by atoms with Crippen molar-refractivity contribution in [3.8, 4) is 11.5 Å². The molecule has 0 aliphatic carbocycles. The first-order chi connectivity index (χ1) is 14.5. The van der Waals surface area contributed by atoms with Crippen LogP contribution < -0.4 is 20.3 Å². The zero-order chi connectivity index (χ0) is 23.2. The first-order valence-electron chi connectivity index (χ1n) is 9.90. The molecule has 6 nitrogen and oxygen atoms in total. The fourth-order valence-corrected chi connectivity index (χ4v) is 3.58. The fraction of sp³-hybridized carbons (Fsp3) is 0.391. The number of carbonyl (C=O) groups is 2. The summed E-state index contributed by atoms with van der Waals surface area (Å²) in [7, 11) is 0. The lowest BCUT2D eigenvalue weighted by atomic mass is 9.87. The zero-order valence-electron chi connectivity index (χ0n) is 18.3. The Labute approximate surface area is 200 Å². The fourth-order valence-electron chi connectivity index (χ4n) is 2.58. The number of benzene rings is 2. The van der Waals surface area contributed by atoms with Crippen LogP contribution in [0.15, 0.2) is 45.3 Å². The normalized spacial score (nSPS) is 11.2. The molecule has 0 heterocycles. The van der Waals surface area contributed by atoms with Crippen LogP contribution in [-0.4, -0.2) is 25.0 Å². The van der Waals surface area contributed by atoms with E-state index in [2.05, 4.69) is 77.3 Å². The maximum absolute atomic E-state index is 12.0. The van der Waals surface area contributed by atoms with Gasteiger partial charge >= 0.3 is 0 Å². The van der Waals surface area contributed by atoms with Crippen molar-refractivity contribution in [1.82, 2.24) is 10.9 Å². The monoisotopic (exact) mass is 554 g/mol. The van der Waals surface area contributed by atoms with E-state index in [9.17, 15) is 9.59 Å². The van der Waals surface area contributed by atoms with E-state index in [1.165, 1.54) is 0 Å². The van der Waals surface area contributed by atoms with Gasteiger partial charge in [-0.25, -0.2) is 0 Å². The smallest absolute Gasteiger partial charge is 0.276 e. The molecule has 2 amide bonds. The number of rotatable bonds is 7. The summed E-state index contributed by atoms with van der Waals surface area (Å²) < 4.78 is 12.6. The predicted molar refractivity (Wildman–Crippen MR) is 128 cm³/mol. The van der Waals surface area contributed by atoms with Crippen molar-refractivity contribution in [2.24, 2.45) is 0 Å². The Balaban J connectivity index is 1.77. The molecule has 8 heteroatoms. The molecule has 2 N–H and O–H groups in total. The van der Waals surface area contributed by atoms with Crippen LogP contribution >= 0.6 is 31.9 Å². The average Bonchev–Trinajstić information content (AvgIpc) is 2.69. The van der Waals surface area contributed by atoms with Crippen molar-refractivity contribution in [1.29, 1.82) is 0 Å². The lowest BCUT2D eigenvalue weighted by Crippen LogP contribution is -2.45. The quantitative estimate of drug-likeness (QED) is 0.458. The molecule has 0 saturated carbocycles. The summed E-state index contributed by atoms with van der Waals surface area (Å²) in [6.45, 7) is 10.1. The van der Waals surface area contributed by atoms with Gasteiger partial charge in [0, 0.05) is 0 Å². The summed E-state index contributed by atoms with van der Waals surface area (Å²) >= 11 is 6.91. The number of hydrazine groups is 1. The van der Waals surface area contributed by atoms with Gasteiger partial charge in [-0.2, -0.15) is 0 Å². The average molecular weight is 556 g/mol. The topological polar surface area (TPSA) is 76.7 Å². The van der Waals surface area contributed by atoms with Gasteiger partial charge in [0.2, 0.25) is 0 Å². The highest BCUT2D eigenvalue weighted by atomic mass is 79.9. The molecule has 0 fully saturated rings. The number of carbonyl (C=O) groups excluding carboxylic acids is 2. The van der Waals surface area contributed by atoms with Gasteiger partial charge in [0.05, 0.1) is 8.95 Å². The molecule has 0 radical (unpaired) electrons. The minimum absolute atomic E-state index is 0.0107. The van der Waals surface area contributed by atoms with E-state index in [1.54, 1.807) is 0 Å². The van der Waals surface area contributed by atoms with Crippen molar-refractivity contribution in [3.63, 3.8) is 0 Å². The number of halogens is 2. The van der Waals surface area contributed by atoms with Crippen LogP contribution in [0, 0.1) is 0 Å². The van der Waals surface area contributed by atoms with Gasteiger partial charge in [0.1, 0.15) is 11.5 Å². The van der Waals surface area contributed by atoms with E-state index in [1.807, 2.05) is 36.4 Å². The summed E-state index contributed by atoms with van der Waals surface area (Å²) in [5, 5.41) is 0. The first-order valence-corrected chi connectivity index (χ1v) is 11.5. The molecule has 0 spiro atoms. The van der Waals surface area contributed by atoms with Crippen molar-refractivity contribution in [2.45, 2.75) is 46.0 Å². The van der Waals surface area contributed by atoms with Crippen LogP contribution in [0.5, 0.6) is 11.5 Å². The molecule has 0 unspecified atom stereocenters.